The molecule has 0 bridgehead atoms. The predicted molar refractivity (Wildman–Crippen MR) is 81.6 cm³/mol. The minimum Gasteiger partial charge on any atom is -0.312 e. The Balaban J connectivity index is 2.27. The quantitative estimate of drug-likeness (QED) is 0.898. The van der Waals surface area contributed by atoms with E-state index in [9.17, 15) is 0 Å². The van der Waals surface area contributed by atoms with E-state index in [2.05, 4.69) is 50.5 Å². The number of nitrogens with one attached hydrogen (secondary N) is 1. The molecule has 0 saturated carbocycles. The summed E-state index contributed by atoms with van der Waals surface area (Å²) in [4.78, 5) is 7.40. The van der Waals surface area contributed by atoms with E-state index in [1.807, 2.05) is 18.4 Å². The molecule has 1 atom stereocenters. The van der Waals surface area contributed by atoms with Crippen molar-refractivity contribution in [3.63, 3.8) is 0 Å². The third-order valence-electron chi connectivity index (χ3n) is 2.95. The topological polar surface area (TPSA) is 24.9 Å². The Labute approximate surface area is 117 Å². The summed E-state index contributed by atoms with van der Waals surface area (Å²) in [5, 5.41) is 6.50. The van der Waals surface area contributed by atoms with Crippen LogP contribution in [-0.2, 0) is 5.41 Å². The molecule has 2 nitrogen and oxygen atoms in total. The van der Waals surface area contributed by atoms with Gasteiger partial charge in [0.25, 0.3) is 0 Å². The summed E-state index contributed by atoms with van der Waals surface area (Å²) in [5.74, 6) is 0. The van der Waals surface area contributed by atoms with Crippen LogP contribution in [0.5, 0.6) is 0 Å². The second kappa shape index (κ2) is 5.11. The molecule has 0 amide bonds. The maximum absolute atomic E-state index is 4.71. The molecule has 18 heavy (non-hydrogen) atoms. The van der Waals surface area contributed by atoms with Gasteiger partial charge in [0.15, 0.2) is 0 Å². The maximum Gasteiger partial charge on any atom is 0.133 e. The van der Waals surface area contributed by atoms with Crippen molar-refractivity contribution in [3.8, 4) is 9.88 Å². The monoisotopic (exact) mass is 280 g/mol. The van der Waals surface area contributed by atoms with E-state index < -0.39 is 0 Å². The molecule has 0 aromatic carbocycles. The molecule has 1 N–H and O–H groups in total. The predicted octanol–water partition coefficient (Wildman–Crippen LogP) is 4.45. The summed E-state index contributed by atoms with van der Waals surface area (Å²) in [5.41, 5.74) is 1.35. The smallest absolute Gasteiger partial charge is 0.133 e. The summed E-state index contributed by atoms with van der Waals surface area (Å²) in [6.07, 6.45) is 0. The summed E-state index contributed by atoms with van der Waals surface area (Å²) in [6.45, 7) is 8.88. The minimum absolute atomic E-state index is 0.223. The van der Waals surface area contributed by atoms with Gasteiger partial charge in [-0.25, -0.2) is 4.98 Å². The Kier molecular flexibility index (Phi) is 3.90. The highest BCUT2D eigenvalue weighted by molar-refractivity contribution is 7.21. The molecule has 2 rings (SSSR count). The van der Waals surface area contributed by atoms with Gasteiger partial charge in [0.2, 0.25) is 0 Å². The van der Waals surface area contributed by atoms with E-state index in [0.717, 1.165) is 10.7 Å². The second-order valence-corrected chi connectivity index (χ2v) is 7.44. The van der Waals surface area contributed by atoms with Crippen molar-refractivity contribution in [2.45, 2.75) is 39.2 Å². The van der Waals surface area contributed by atoms with Gasteiger partial charge in [-0.3, -0.25) is 0 Å². The van der Waals surface area contributed by atoms with Crippen LogP contribution >= 0.6 is 22.7 Å². The molecule has 2 heterocycles. The summed E-state index contributed by atoms with van der Waals surface area (Å²) in [7, 11) is 1.96. The van der Waals surface area contributed by atoms with Gasteiger partial charge in [-0.2, -0.15) is 0 Å². The number of nitrogens with zero attached hydrogens (tertiary/aromatic N) is 1. The zero-order valence-corrected chi connectivity index (χ0v) is 13.2. The Hall–Kier alpha value is -0.710. The van der Waals surface area contributed by atoms with E-state index in [0.29, 0.717) is 6.04 Å². The highest BCUT2D eigenvalue weighted by atomic mass is 32.1. The minimum atomic E-state index is 0.223. The van der Waals surface area contributed by atoms with Gasteiger partial charge in [-0.05, 0) is 31.5 Å². The van der Waals surface area contributed by atoms with Crippen molar-refractivity contribution < 1.29 is 0 Å². The van der Waals surface area contributed by atoms with Crippen LogP contribution in [0.15, 0.2) is 17.5 Å². The lowest BCUT2D eigenvalue weighted by atomic mass is 9.95. The molecular weight excluding hydrogens is 260 g/mol. The fraction of sp³-hybridized carbons (Fsp3) is 0.500. The third kappa shape index (κ3) is 2.82. The maximum atomic E-state index is 4.71. The molecule has 98 valence electrons. The zero-order valence-electron chi connectivity index (χ0n) is 11.6. The van der Waals surface area contributed by atoms with Crippen LogP contribution in [0.25, 0.3) is 9.88 Å². The number of aromatic nitrogens is 1. The van der Waals surface area contributed by atoms with Gasteiger partial charge in [-0.1, -0.05) is 20.8 Å². The van der Waals surface area contributed by atoms with Crippen LogP contribution in [0.3, 0.4) is 0 Å². The first-order chi connectivity index (χ1) is 8.41. The highest BCUT2D eigenvalue weighted by Gasteiger charge is 2.18. The van der Waals surface area contributed by atoms with Crippen LogP contribution in [0.2, 0.25) is 0 Å². The summed E-state index contributed by atoms with van der Waals surface area (Å²) in [6, 6.07) is 4.73. The Morgan fingerprint density at radius 1 is 1.28 bits per heavy atom. The van der Waals surface area contributed by atoms with E-state index in [1.54, 1.807) is 11.3 Å². The zero-order chi connectivity index (χ0) is 13.3. The first kappa shape index (κ1) is 13.7. The van der Waals surface area contributed by atoms with E-state index in [-0.39, 0.29) is 5.41 Å². The van der Waals surface area contributed by atoms with Crippen LogP contribution in [0, 0.1) is 0 Å². The Morgan fingerprint density at radius 3 is 2.56 bits per heavy atom. The lowest BCUT2D eigenvalue weighted by Crippen LogP contribution is -2.12. The molecule has 1 unspecified atom stereocenters. The SMILES string of the molecule is CNC(C)c1csc(-c2ccc(C(C)(C)C)s2)n1. The number of hydrogen-bond acceptors (Lipinski definition) is 4. The van der Waals surface area contributed by atoms with Gasteiger partial charge in [0, 0.05) is 16.3 Å². The summed E-state index contributed by atoms with van der Waals surface area (Å²) < 4.78 is 0. The van der Waals surface area contributed by atoms with Gasteiger partial charge >= 0.3 is 0 Å². The Morgan fingerprint density at radius 2 is 2.00 bits per heavy atom. The standard InChI is InChI=1S/C14H20N2S2/c1-9(15-5)10-8-17-13(16-10)11-6-7-12(18-11)14(2,3)4/h6-9,15H,1-5H3. The van der Waals surface area contributed by atoms with Crippen molar-refractivity contribution in [2.75, 3.05) is 7.05 Å². The Bertz CT molecular complexity index is 520. The van der Waals surface area contributed by atoms with E-state index in [1.165, 1.54) is 9.75 Å². The lowest BCUT2D eigenvalue weighted by Gasteiger charge is -2.15. The number of thiazole rings is 1. The normalized spacial score (nSPS) is 13.8. The van der Waals surface area contributed by atoms with E-state index in [4.69, 9.17) is 4.98 Å². The first-order valence-corrected chi connectivity index (χ1v) is 7.85. The molecule has 0 aliphatic heterocycles. The molecule has 4 heteroatoms. The molecule has 0 radical (unpaired) electrons. The summed E-state index contributed by atoms with van der Waals surface area (Å²) >= 11 is 3.58. The lowest BCUT2D eigenvalue weighted by molar-refractivity contribution is 0.604. The fourth-order valence-electron chi connectivity index (χ4n) is 1.60. The van der Waals surface area contributed by atoms with Crippen molar-refractivity contribution >= 4 is 22.7 Å². The molecule has 0 spiro atoms. The van der Waals surface area contributed by atoms with Crippen molar-refractivity contribution in [1.82, 2.24) is 10.3 Å². The van der Waals surface area contributed by atoms with Gasteiger partial charge in [0.05, 0.1) is 10.6 Å². The number of hydrogen-bond donors (Lipinski definition) is 1. The van der Waals surface area contributed by atoms with Gasteiger partial charge in [-0.15, -0.1) is 22.7 Å². The molecule has 2 aromatic heterocycles. The van der Waals surface area contributed by atoms with E-state index >= 15 is 0 Å². The second-order valence-electron chi connectivity index (χ2n) is 5.50. The number of thiophene rings is 1. The fourth-order valence-corrected chi connectivity index (χ4v) is 3.65. The first-order valence-electron chi connectivity index (χ1n) is 6.15. The molecule has 0 saturated heterocycles. The van der Waals surface area contributed by atoms with Crippen molar-refractivity contribution in [3.05, 3.63) is 28.1 Å². The molecule has 0 fully saturated rings. The van der Waals surface area contributed by atoms with Crippen LogP contribution in [0.1, 0.15) is 44.3 Å². The average Bonchev–Trinajstić information content (AvgIpc) is 2.94. The molecular formula is C14H20N2S2. The van der Waals surface area contributed by atoms with Gasteiger partial charge < -0.3 is 5.32 Å². The highest BCUT2D eigenvalue weighted by Crippen LogP contribution is 2.36. The van der Waals surface area contributed by atoms with Crippen molar-refractivity contribution in [1.29, 1.82) is 0 Å². The van der Waals surface area contributed by atoms with Crippen molar-refractivity contribution in [2.24, 2.45) is 0 Å². The molecule has 0 aliphatic carbocycles. The third-order valence-corrected chi connectivity index (χ3v) is 5.50. The molecule has 0 aliphatic rings. The van der Waals surface area contributed by atoms with Crippen LogP contribution < -0.4 is 5.32 Å². The van der Waals surface area contributed by atoms with Crippen LogP contribution in [0.4, 0.5) is 0 Å². The van der Waals surface area contributed by atoms with Crippen LogP contribution in [-0.4, -0.2) is 12.0 Å². The van der Waals surface area contributed by atoms with Gasteiger partial charge in [0.1, 0.15) is 5.01 Å². The number of rotatable bonds is 3. The molecule has 2 aromatic rings. The largest absolute Gasteiger partial charge is 0.312 e. The average molecular weight is 280 g/mol.